The van der Waals surface area contributed by atoms with Gasteiger partial charge in [-0.3, -0.25) is 4.79 Å². The van der Waals surface area contributed by atoms with Gasteiger partial charge in [0.25, 0.3) is 5.91 Å². The zero-order valence-electron chi connectivity index (χ0n) is 19.4. The van der Waals surface area contributed by atoms with E-state index in [9.17, 15) is 31.5 Å². The molecule has 188 valence electrons. The van der Waals surface area contributed by atoms with Crippen molar-refractivity contribution in [2.75, 3.05) is 5.32 Å². The van der Waals surface area contributed by atoms with E-state index >= 15 is 0 Å². The number of aldehydes is 1. The number of carbonyl (C=O) groups is 2. The highest BCUT2D eigenvalue weighted by Crippen LogP contribution is 2.48. The average Bonchev–Trinajstić information content (AvgIpc) is 3.66. The maximum Gasteiger partial charge on any atom is 0.416 e. The summed E-state index contributed by atoms with van der Waals surface area (Å²) >= 11 is 0. The molecule has 1 aliphatic rings. The molecule has 1 fully saturated rings. The van der Waals surface area contributed by atoms with Crippen LogP contribution in [0.2, 0.25) is 0 Å². The van der Waals surface area contributed by atoms with Crippen LogP contribution in [0.1, 0.15) is 64.2 Å². The molecule has 0 bridgehead atoms. The number of hydrogen-bond donors (Lipinski definition) is 1. The van der Waals surface area contributed by atoms with Gasteiger partial charge in [0.15, 0.2) is 0 Å². The molecule has 4 rings (SSSR count). The van der Waals surface area contributed by atoms with Crippen molar-refractivity contribution in [3.05, 3.63) is 88.0 Å². The lowest BCUT2D eigenvalue weighted by atomic mass is 9.98. The predicted octanol–water partition coefficient (Wildman–Crippen LogP) is 7.52. The van der Waals surface area contributed by atoms with E-state index in [0.717, 1.165) is 18.2 Å². The Balaban J connectivity index is 1.78. The Labute approximate surface area is 204 Å². The first kappa shape index (κ1) is 25.3. The number of aryl methyl sites for hydroxylation is 1. The molecule has 0 aromatic heterocycles. The molecule has 1 aliphatic carbocycles. The number of benzene rings is 3. The number of alkyl halides is 3. The highest BCUT2D eigenvalue weighted by Gasteiger charge is 2.40. The summed E-state index contributed by atoms with van der Waals surface area (Å²) in [5.74, 6) is -3.14. The zero-order chi connectivity index (χ0) is 26.2. The van der Waals surface area contributed by atoms with E-state index in [0.29, 0.717) is 24.7 Å². The highest BCUT2D eigenvalue weighted by molar-refractivity contribution is 6.06. The highest BCUT2D eigenvalue weighted by atomic mass is 19.4. The average molecular weight is 503 g/mol. The first-order valence-electron chi connectivity index (χ1n) is 11.2. The van der Waals surface area contributed by atoms with Crippen molar-refractivity contribution in [1.82, 2.24) is 0 Å². The Morgan fingerprint density at radius 3 is 2.39 bits per heavy atom. The fourth-order valence-corrected chi connectivity index (χ4v) is 3.92. The summed E-state index contributed by atoms with van der Waals surface area (Å²) in [5, 5.41) is 2.47. The van der Waals surface area contributed by atoms with E-state index in [1.54, 1.807) is 6.92 Å². The SMILES string of the molecule is Cc1cc(F)ccc1Oc1cc(C2CC2)c(C(F)(F)F)cc1C(=O)Nc1ccc(F)c(C(C)C=O)c1. The second-order valence-electron chi connectivity index (χ2n) is 8.83. The second-order valence-corrected chi connectivity index (χ2v) is 8.83. The van der Waals surface area contributed by atoms with Gasteiger partial charge in [0, 0.05) is 11.6 Å². The lowest BCUT2D eigenvalue weighted by Crippen LogP contribution is -2.17. The summed E-state index contributed by atoms with van der Waals surface area (Å²) in [6.07, 6.45) is -3.01. The van der Waals surface area contributed by atoms with Gasteiger partial charge in [-0.25, -0.2) is 8.78 Å². The van der Waals surface area contributed by atoms with Crippen LogP contribution >= 0.6 is 0 Å². The van der Waals surface area contributed by atoms with E-state index in [2.05, 4.69) is 5.32 Å². The van der Waals surface area contributed by atoms with Gasteiger partial charge >= 0.3 is 6.18 Å². The summed E-state index contributed by atoms with van der Waals surface area (Å²) in [7, 11) is 0. The molecule has 1 N–H and O–H groups in total. The molecule has 36 heavy (non-hydrogen) atoms. The van der Waals surface area contributed by atoms with E-state index in [-0.39, 0.29) is 34.2 Å². The van der Waals surface area contributed by atoms with Crippen molar-refractivity contribution < 1.29 is 36.3 Å². The third kappa shape index (κ3) is 5.40. The van der Waals surface area contributed by atoms with E-state index < -0.39 is 40.8 Å². The molecule has 0 aliphatic heterocycles. The summed E-state index contributed by atoms with van der Waals surface area (Å²) in [5.41, 5.74) is -0.800. The second kappa shape index (κ2) is 9.72. The van der Waals surface area contributed by atoms with Gasteiger partial charge in [-0.05, 0) is 90.9 Å². The molecule has 3 aromatic rings. The van der Waals surface area contributed by atoms with Gasteiger partial charge in [-0.15, -0.1) is 0 Å². The van der Waals surface area contributed by atoms with E-state index in [1.807, 2.05) is 0 Å². The van der Waals surface area contributed by atoms with Crippen LogP contribution in [-0.2, 0) is 11.0 Å². The van der Waals surface area contributed by atoms with E-state index in [4.69, 9.17) is 4.74 Å². The Morgan fingerprint density at radius 1 is 1.06 bits per heavy atom. The van der Waals surface area contributed by atoms with Crippen molar-refractivity contribution >= 4 is 17.9 Å². The monoisotopic (exact) mass is 503 g/mol. The molecular formula is C27H22F5NO3. The standard InChI is InChI=1S/C27H22F5NO3/c1-14-9-17(28)5-8-24(14)36-25-12-20(16-3-4-16)22(27(30,31)32)11-21(25)26(35)33-18-6-7-23(29)19(10-18)15(2)13-34/h5-13,15-16H,3-4H2,1-2H3,(H,33,35). The minimum atomic E-state index is -4.71. The number of halogens is 5. The number of anilines is 1. The van der Waals surface area contributed by atoms with Crippen LogP contribution in [0.5, 0.6) is 11.5 Å². The van der Waals surface area contributed by atoms with Crippen molar-refractivity contribution in [1.29, 1.82) is 0 Å². The number of nitrogens with one attached hydrogen (secondary N) is 1. The third-order valence-electron chi connectivity index (χ3n) is 6.02. The fraction of sp³-hybridized carbons (Fsp3) is 0.259. The quantitative estimate of drug-likeness (QED) is 0.268. The first-order chi connectivity index (χ1) is 17.0. The molecule has 9 heteroatoms. The zero-order valence-corrected chi connectivity index (χ0v) is 19.4. The van der Waals surface area contributed by atoms with Crippen molar-refractivity contribution in [3.63, 3.8) is 0 Å². The predicted molar refractivity (Wildman–Crippen MR) is 123 cm³/mol. The third-order valence-corrected chi connectivity index (χ3v) is 6.02. The fourth-order valence-electron chi connectivity index (χ4n) is 3.92. The van der Waals surface area contributed by atoms with Crippen molar-refractivity contribution in [3.8, 4) is 11.5 Å². The van der Waals surface area contributed by atoms with E-state index in [1.165, 1.54) is 37.3 Å². The van der Waals surface area contributed by atoms with Crippen molar-refractivity contribution in [2.45, 2.75) is 44.7 Å². The Hall–Kier alpha value is -3.75. The van der Waals surface area contributed by atoms with Crippen LogP contribution in [0.15, 0.2) is 48.5 Å². The number of ether oxygens (including phenoxy) is 1. The maximum atomic E-state index is 14.1. The summed E-state index contributed by atoms with van der Waals surface area (Å²) in [6.45, 7) is 3.04. The number of hydrogen-bond acceptors (Lipinski definition) is 3. The Morgan fingerprint density at radius 2 is 1.78 bits per heavy atom. The smallest absolute Gasteiger partial charge is 0.416 e. The topological polar surface area (TPSA) is 55.4 Å². The van der Waals surface area contributed by atoms with Crippen LogP contribution in [-0.4, -0.2) is 12.2 Å². The summed E-state index contributed by atoms with van der Waals surface area (Å²) < 4.78 is 75.2. The van der Waals surface area contributed by atoms with Gasteiger partial charge in [-0.1, -0.05) is 6.92 Å². The van der Waals surface area contributed by atoms with Gasteiger partial charge in [0.2, 0.25) is 0 Å². The van der Waals surface area contributed by atoms with Crippen LogP contribution in [0.4, 0.5) is 27.6 Å². The molecule has 0 radical (unpaired) electrons. The van der Waals surface area contributed by atoms with Crippen LogP contribution < -0.4 is 10.1 Å². The molecule has 1 amide bonds. The molecule has 1 unspecified atom stereocenters. The Kier molecular flexibility index (Phi) is 6.84. The molecule has 0 heterocycles. The lowest BCUT2D eigenvalue weighted by molar-refractivity contribution is -0.138. The van der Waals surface area contributed by atoms with Crippen LogP contribution in [0.25, 0.3) is 0 Å². The maximum absolute atomic E-state index is 14.1. The summed E-state index contributed by atoms with van der Waals surface area (Å²) in [4.78, 5) is 24.3. The van der Waals surface area contributed by atoms with Crippen LogP contribution in [0.3, 0.4) is 0 Å². The van der Waals surface area contributed by atoms with Crippen LogP contribution in [0, 0.1) is 18.6 Å². The number of rotatable bonds is 7. The molecule has 3 aromatic carbocycles. The van der Waals surface area contributed by atoms with Gasteiger partial charge < -0.3 is 14.8 Å². The van der Waals surface area contributed by atoms with Crippen molar-refractivity contribution in [2.24, 2.45) is 0 Å². The number of amides is 1. The number of carbonyl (C=O) groups excluding carboxylic acids is 2. The van der Waals surface area contributed by atoms with Gasteiger partial charge in [-0.2, -0.15) is 13.2 Å². The van der Waals surface area contributed by atoms with Gasteiger partial charge in [0.1, 0.15) is 29.4 Å². The lowest BCUT2D eigenvalue weighted by Gasteiger charge is -2.19. The minimum Gasteiger partial charge on any atom is -0.456 e. The molecular weight excluding hydrogens is 481 g/mol. The molecule has 0 saturated heterocycles. The largest absolute Gasteiger partial charge is 0.456 e. The summed E-state index contributed by atoms with van der Waals surface area (Å²) in [6, 6.07) is 9.17. The molecule has 1 atom stereocenters. The minimum absolute atomic E-state index is 0.0256. The molecule has 1 saturated carbocycles. The first-order valence-corrected chi connectivity index (χ1v) is 11.2. The molecule has 0 spiro atoms. The van der Waals surface area contributed by atoms with Gasteiger partial charge in [0.05, 0.1) is 11.1 Å². The normalized spacial score (nSPS) is 14.3. The Bertz CT molecular complexity index is 1330. The molecule has 4 nitrogen and oxygen atoms in total.